The fraction of sp³-hybridized carbons (Fsp3) is 0.235. The van der Waals surface area contributed by atoms with Crippen molar-refractivity contribution in [3.8, 4) is 11.9 Å². The number of hydrogen-bond donors (Lipinski definition) is 1. The standard InChI is InChI=1S/C17H17N9/c18-12-13-2-3-14(21-17(13)19)24-8-10-25(11-9-24)15-4-5-16(23-22-15)26-7-1-6-20-26/h1-7H,8-11H2,(H2,19,21). The molecule has 0 unspecified atom stereocenters. The first-order valence-electron chi connectivity index (χ1n) is 8.25. The van der Waals surface area contributed by atoms with E-state index in [9.17, 15) is 0 Å². The highest BCUT2D eigenvalue weighted by molar-refractivity contribution is 5.55. The van der Waals surface area contributed by atoms with Crippen LogP contribution in [0.5, 0.6) is 0 Å². The first-order chi connectivity index (χ1) is 12.7. The Morgan fingerprint density at radius 1 is 0.923 bits per heavy atom. The number of rotatable bonds is 3. The Morgan fingerprint density at radius 2 is 1.58 bits per heavy atom. The van der Waals surface area contributed by atoms with E-state index in [2.05, 4.69) is 30.1 Å². The summed E-state index contributed by atoms with van der Waals surface area (Å²) in [5.41, 5.74) is 6.22. The van der Waals surface area contributed by atoms with Crippen LogP contribution in [-0.4, -0.2) is 51.1 Å². The molecule has 1 aliphatic heterocycles. The molecule has 4 heterocycles. The molecule has 3 aromatic rings. The van der Waals surface area contributed by atoms with Gasteiger partial charge in [-0.15, -0.1) is 10.2 Å². The summed E-state index contributed by atoms with van der Waals surface area (Å²) >= 11 is 0. The van der Waals surface area contributed by atoms with Gasteiger partial charge in [-0.25, -0.2) is 9.67 Å². The van der Waals surface area contributed by atoms with Crippen molar-refractivity contribution in [1.29, 1.82) is 5.26 Å². The normalized spacial score (nSPS) is 14.3. The van der Waals surface area contributed by atoms with Gasteiger partial charge in [0.05, 0.1) is 5.56 Å². The highest BCUT2D eigenvalue weighted by atomic mass is 15.4. The molecule has 0 bridgehead atoms. The summed E-state index contributed by atoms with van der Waals surface area (Å²) in [6, 6.07) is 11.3. The number of hydrogen-bond acceptors (Lipinski definition) is 8. The molecule has 2 N–H and O–H groups in total. The SMILES string of the molecule is N#Cc1ccc(N2CCN(c3ccc(-n4cccn4)nn3)CC2)nc1N. The smallest absolute Gasteiger partial charge is 0.175 e. The molecule has 3 aromatic heterocycles. The van der Waals surface area contributed by atoms with Gasteiger partial charge in [0.2, 0.25) is 0 Å². The van der Waals surface area contributed by atoms with Gasteiger partial charge in [-0.3, -0.25) is 0 Å². The van der Waals surface area contributed by atoms with Gasteiger partial charge in [0.25, 0.3) is 0 Å². The number of nitrogens with two attached hydrogens (primary N) is 1. The minimum Gasteiger partial charge on any atom is -0.383 e. The molecule has 0 atom stereocenters. The number of nitriles is 1. The molecule has 9 heteroatoms. The van der Waals surface area contributed by atoms with E-state index in [0.29, 0.717) is 11.4 Å². The van der Waals surface area contributed by atoms with Crippen LogP contribution in [0.25, 0.3) is 5.82 Å². The minimum absolute atomic E-state index is 0.271. The number of pyridine rings is 1. The van der Waals surface area contributed by atoms with E-state index in [0.717, 1.165) is 37.8 Å². The number of aromatic nitrogens is 5. The molecule has 0 aliphatic carbocycles. The summed E-state index contributed by atoms with van der Waals surface area (Å²) < 4.78 is 1.68. The van der Waals surface area contributed by atoms with E-state index in [-0.39, 0.29) is 5.82 Å². The molecular formula is C17H17N9. The van der Waals surface area contributed by atoms with E-state index in [1.165, 1.54) is 0 Å². The zero-order valence-corrected chi connectivity index (χ0v) is 14.0. The third-order valence-electron chi connectivity index (χ3n) is 4.33. The van der Waals surface area contributed by atoms with Crippen LogP contribution in [0.15, 0.2) is 42.7 Å². The molecule has 1 saturated heterocycles. The lowest BCUT2D eigenvalue weighted by Gasteiger charge is -2.35. The molecule has 1 fully saturated rings. The van der Waals surface area contributed by atoms with Crippen LogP contribution in [0.2, 0.25) is 0 Å². The van der Waals surface area contributed by atoms with Crippen molar-refractivity contribution >= 4 is 17.5 Å². The van der Waals surface area contributed by atoms with Crippen molar-refractivity contribution in [3.63, 3.8) is 0 Å². The lowest BCUT2D eigenvalue weighted by molar-refractivity contribution is 0.637. The second-order valence-corrected chi connectivity index (χ2v) is 5.89. The first-order valence-corrected chi connectivity index (χ1v) is 8.25. The summed E-state index contributed by atoms with van der Waals surface area (Å²) in [7, 11) is 0. The molecule has 4 rings (SSSR count). The monoisotopic (exact) mass is 347 g/mol. The molecule has 9 nitrogen and oxygen atoms in total. The molecule has 0 aromatic carbocycles. The Bertz CT molecular complexity index is 920. The van der Waals surface area contributed by atoms with Crippen molar-refractivity contribution in [2.75, 3.05) is 41.7 Å². The predicted molar refractivity (Wildman–Crippen MR) is 96.9 cm³/mol. The zero-order chi connectivity index (χ0) is 17.9. The van der Waals surface area contributed by atoms with Gasteiger partial charge in [0.1, 0.15) is 17.7 Å². The second-order valence-electron chi connectivity index (χ2n) is 5.89. The third-order valence-corrected chi connectivity index (χ3v) is 4.33. The van der Waals surface area contributed by atoms with Crippen molar-refractivity contribution < 1.29 is 0 Å². The Labute approximate surface area is 150 Å². The fourth-order valence-electron chi connectivity index (χ4n) is 2.91. The molecule has 26 heavy (non-hydrogen) atoms. The molecule has 0 spiro atoms. The van der Waals surface area contributed by atoms with Crippen molar-refractivity contribution in [1.82, 2.24) is 25.0 Å². The molecule has 0 amide bonds. The number of piperazine rings is 1. The summed E-state index contributed by atoms with van der Waals surface area (Å²) in [5.74, 6) is 2.59. The van der Waals surface area contributed by atoms with Crippen LogP contribution in [0, 0.1) is 11.3 Å². The Hall–Kier alpha value is -3.67. The molecule has 130 valence electrons. The van der Waals surface area contributed by atoms with Gasteiger partial charge in [-0.1, -0.05) is 0 Å². The van der Waals surface area contributed by atoms with Crippen LogP contribution in [0.1, 0.15) is 5.56 Å². The van der Waals surface area contributed by atoms with Crippen molar-refractivity contribution in [3.05, 3.63) is 48.3 Å². The second kappa shape index (κ2) is 6.68. The van der Waals surface area contributed by atoms with Crippen LogP contribution < -0.4 is 15.5 Å². The van der Waals surface area contributed by atoms with Gasteiger partial charge in [-0.05, 0) is 30.3 Å². The van der Waals surface area contributed by atoms with Gasteiger partial charge < -0.3 is 15.5 Å². The van der Waals surface area contributed by atoms with Crippen molar-refractivity contribution in [2.24, 2.45) is 0 Å². The van der Waals surface area contributed by atoms with Gasteiger partial charge in [0.15, 0.2) is 11.6 Å². The van der Waals surface area contributed by atoms with E-state index in [1.807, 2.05) is 36.5 Å². The van der Waals surface area contributed by atoms with Gasteiger partial charge in [0, 0.05) is 38.6 Å². The summed E-state index contributed by atoms with van der Waals surface area (Å²) in [5, 5.41) is 21.7. The highest BCUT2D eigenvalue weighted by Gasteiger charge is 2.20. The average molecular weight is 347 g/mol. The number of nitrogen functional groups attached to an aromatic ring is 1. The quantitative estimate of drug-likeness (QED) is 0.741. The third kappa shape index (κ3) is 3.00. The van der Waals surface area contributed by atoms with Gasteiger partial charge in [-0.2, -0.15) is 10.4 Å². The Morgan fingerprint density at radius 3 is 2.15 bits per heavy atom. The number of nitrogens with zero attached hydrogens (tertiary/aromatic N) is 8. The zero-order valence-electron chi connectivity index (χ0n) is 14.0. The first kappa shape index (κ1) is 15.8. The van der Waals surface area contributed by atoms with Crippen LogP contribution in [0.4, 0.5) is 17.5 Å². The topological polar surface area (TPSA) is 113 Å². The van der Waals surface area contributed by atoms with Crippen LogP contribution in [-0.2, 0) is 0 Å². The molecule has 1 aliphatic rings. The molecule has 0 radical (unpaired) electrons. The lowest BCUT2D eigenvalue weighted by atomic mass is 10.2. The summed E-state index contributed by atoms with van der Waals surface area (Å²) in [4.78, 5) is 8.67. The fourth-order valence-corrected chi connectivity index (χ4v) is 2.91. The highest BCUT2D eigenvalue weighted by Crippen LogP contribution is 2.20. The van der Waals surface area contributed by atoms with E-state index in [4.69, 9.17) is 11.0 Å². The largest absolute Gasteiger partial charge is 0.383 e. The Balaban J connectivity index is 1.42. The van der Waals surface area contributed by atoms with Crippen LogP contribution >= 0.6 is 0 Å². The maximum atomic E-state index is 8.95. The molecule has 0 saturated carbocycles. The van der Waals surface area contributed by atoms with Crippen LogP contribution in [0.3, 0.4) is 0 Å². The van der Waals surface area contributed by atoms with Gasteiger partial charge >= 0.3 is 0 Å². The van der Waals surface area contributed by atoms with E-state index >= 15 is 0 Å². The Kier molecular flexibility index (Phi) is 4.07. The lowest BCUT2D eigenvalue weighted by Crippen LogP contribution is -2.47. The summed E-state index contributed by atoms with van der Waals surface area (Å²) in [6.45, 7) is 3.19. The van der Waals surface area contributed by atoms with E-state index in [1.54, 1.807) is 16.9 Å². The summed E-state index contributed by atoms with van der Waals surface area (Å²) in [6.07, 6.45) is 3.54. The number of anilines is 3. The minimum atomic E-state index is 0.271. The van der Waals surface area contributed by atoms with Crippen molar-refractivity contribution in [2.45, 2.75) is 0 Å². The van der Waals surface area contributed by atoms with E-state index < -0.39 is 0 Å². The molecular weight excluding hydrogens is 330 g/mol. The maximum absolute atomic E-state index is 8.95. The predicted octanol–water partition coefficient (Wildman–Crippen LogP) is 0.838. The maximum Gasteiger partial charge on any atom is 0.175 e. The average Bonchev–Trinajstić information content (AvgIpc) is 3.23.